The van der Waals surface area contributed by atoms with Crippen LogP contribution >= 0.6 is 27.3 Å². The summed E-state index contributed by atoms with van der Waals surface area (Å²) >= 11 is 4.87. The molecule has 0 atom stereocenters. The minimum Gasteiger partial charge on any atom is -0.195 e. The number of rotatable bonds is 4. The van der Waals surface area contributed by atoms with Crippen molar-refractivity contribution >= 4 is 37.5 Å². The van der Waals surface area contributed by atoms with Crippen LogP contribution in [-0.4, -0.2) is 38.2 Å². The van der Waals surface area contributed by atoms with Crippen molar-refractivity contribution < 1.29 is 8.42 Å². The Bertz CT molecular complexity index is 428. The van der Waals surface area contributed by atoms with Crippen LogP contribution in [-0.2, 0) is 16.8 Å². The molecule has 0 fully saturated rings. The third kappa shape index (κ3) is 3.25. The van der Waals surface area contributed by atoms with Gasteiger partial charge in [0.1, 0.15) is 0 Å². The average Bonchev–Trinajstić information content (AvgIpc) is 2.50. The first kappa shape index (κ1) is 13.1. The molecule has 15 heavy (non-hydrogen) atoms. The van der Waals surface area contributed by atoms with E-state index < -0.39 is 10.2 Å². The minimum absolute atomic E-state index is 0.400. The van der Waals surface area contributed by atoms with Gasteiger partial charge in [0.05, 0.1) is 0 Å². The molecule has 0 amide bonds. The van der Waals surface area contributed by atoms with Crippen molar-refractivity contribution in [1.29, 1.82) is 0 Å². The van der Waals surface area contributed by atoms with Gasteiger partial charge >= 0.3 is 0 Å². The van der Waals surface area contributed by atoms with E-state index in [1.54, 1.807) is 7.05 Å². The topological polar surface area (TPSA) is 40.6 Å². The Labute approximate surface area is 103 Å². The quantitative estimate of drug-likeness (QED) is 0.850. The molecular formula is C8H13BrN2O2S2. The van der Waals surface area contributed by atoms with Crippen LogP contribution < -0.4 is 0 Å². The van der Waals surface area contributed by atoms with E-state index in [-0.39, 0.29) is 0 Å². The molecule has 1 aromatic heterocycles. The lowest BCUT2D eigenvalue weighted by Crippen LogP contribution is -2.36. The average molecular weight is 313 g/mol. The summed E-state index contributed by atoms with van der Waals surface area (Å²) in [5.41, 5.74) is 0. The second-order valence-electron chi connectivity index (χ2n) is 3.28. The molecule has 4 nitrogen and oxygen atoms in total. The maximum absolute atomic E-state index is 11.7. The second-order valence-corrected chi connectivity index (χ2v) is 7.44. The smallest absolute Gasteiger partial charge is 0.195 e. The molecule has 86 valence electrons. The standard InChI is InChI=1S/C8H13BrN2O2S2/c1-10(2)15(12,13)11(3)5-8-4-7(9)6-14-8/h4,6H,5H2,1-3H3. The lowest BCUT2D eigenvalue weighted by atomic mass is 10.5. The van der Waals surface area contributed by atoms with E-state index in [1.165, 1.54) is 34.0 Å². The summed E-state index contributed by atoms with van der Waals surface area (Å²) in [6.45, 7) is 0.400. The highest BCUT2D eigenvalue weighted by Gasteiger charge is 2.20. The summed E-state index contributed by atoms with van der Waals surface area (Å²) in [4.78, 5) is 1.01. The van der Waals surface area contributed by atoms with Gasteiger partial charge in [0.2, 0.25) is 0 Å². The van der Waals surface area contributed by atoms with Gasteiger partial charge in [-0.05, 0) is 22.0 Å². The summed E-state index contributed by atoms with van der Waals surface area (Å²) < 4.78 is 26.9. The van der Waals surface area contributed by atoms with Crippen LogP contribution in [0.1, 0.15) is 4.88 Å². The van der Waals surface area contributed by atoms with Gasteiger partial charge in [-0.2, -0.15) is 17.0 Å². The molecular weight excluding hydrogens is 300 g/mol. The number of nitrogens with zero attached hydrogens (tertiary/aromatic N) is 2. The maximum atomic E-state index is 11.7. The van der Waals surface area contributed by atoms with Crippen LogP contribution in [0.4, 0.5) is 0 Å². The molecule has 0 aromatic carbocycles. The molecule has 0 bridgehead atoms. The van der Waals surface area contributed by atoms with Crippen LogP contribution in [0.15, 0.2) is 15.9 Å². The molecule has 0 radical (unpaired) electrons. The minimum atomic E-state index is -3.31. The summed E-state index contributed by atoms with van der Waals surface area (Å²) in [5, 5.41) is 1.94. The Kier molecular flexibility index (Phi) is 4.30. The zero-order valence-electron chi connectivity index (χ0n) is 8.77. The molecule has 1 rings (SSSR count). The fraction of sp³-hybridized carbons (Fsp3) is 0.500. The highest BCUT2D eigenvalue weighted by atomic mass is 79.9. The second kappa shape index (κ2) is 4.92. The van der Waals surface area contributed by atoms with Crippen LogP contribution in [0.3, 0.4) is 0 Å². The Morgan fingerprint density at radius 1 is 1.40 bits per heavy atom. The van der Waals surface area contributed by atoms with E-state index in [2.05, 4.69) is 15.9 Å². The number of thiophene rings is 1. The molecule has 7 heteroatoms. The van der Waals surface area contributed by atoms with Crippen molar-refractivity contribution in [3.8, 4) is 0 Å². The molecule has 0 spiro atoms. The van der Waals surface area contributed by atoms with Gasteiger partial charge in [-0.15, -0.1) is 11.3 Å². The fourth-order valence-electron chi connectivity index (χ4n) is 1.02. The number of hydrogen-bond acceptors (Lipinski definition) is 3. The highest BCUT2D eigenvalue weighted by Crippen LogP contribution is 2.21. The zero-order chi connectivity index (χ0) is 11.6. The van der Waals surface area contributed by atoms with E-state index in [0.29, 0.717) is 6.54 Å². The van der Waals surface area contributed by atoms with Gasteiger partial charge < -0.3 is 0 Å². The molecule has 0 N–H and O–H groups in total. The molecule has 1 heterocycles. The maximum Gasteiger partial charge on any atom is 0.281 e. The third-order valence-corrected chi connectivity index (χ3v) is 5.38. The SMILES string of the molecule is CN(C)S(=O)(=O)N(C)Cc1cc(Br)cs1. The van der Waals surface area contributed by atoms with E-state index in [4.69, 9.17) is 0 Å². The fourth-order valence-corrected chi connectivity index (χ4v) is 3.46. The Balaban J connectivity index is 2.76. The molecule has 0 saturated carbocycles. The van der Waals surface area contributed by atoms with Gasteiger partial charge in [-0.1, -0.05) is 0 Å². The first-order chi connectivity index (χ1) is 6.84. The third-order valence-electron chi connectivity index (χ3n) is 1.86. The van der Waals surface area contributed by atoms with Crippen LogP contribution in [0.2, 0.25) is 0 Å². The Morgan fingerprint density at radius 3 is 2.40 bits per heavy atom. The molecule has 0 saturated heterocycles. The summed E-state index contributed by atoms with van der Waals surface area (Å²) in [6.07, 6.45) is 0. The summed E-state index contributed by atoms with van der Waals surface area (Å²) in [5.74, 6) is 0. The van der Waals surface area contributed by atoms with E-state index in [9.17, 15) is 8.42 Å². The zero-order valence-corrected chi connectivity index (χ0v) is 12.0. The van der Waals surface area contributed by atoms with Gasteiger partial charge in [-0.3, -0.25) is 0 Å². The summed E-state index contributed by atoms with van der Waals surface area (Å²) in [7, 11) is 1.31. The Hall–Kier alpha value is 0.0500. The normalized spacial score (nSPS) is 12.7. The van der Waals surface area contributed by atoms with Crippen molar-refractivity contribution in [2.45, 2.75) is 6.54 Å². The first-order valence-electron chi connectivity index (χ1n) is 4.20. The van der Waals surface area contributed by atoms with Crippen molar-refractivity contribution in [2.24, 2.45) is 0 Å². The molecule has 0 unspecified atom stereocenters. The molecule has 0 aliphatic rings. The van der Waals surface area contributed by atoms with E-state index >= 15 is 0 Å². The largest absolute Gasteiger partial charge is 0.281 e. The first-order valence-corrected chi connectivity index (χ1v) is 7.27. The lowest BCUT2D eigenvalue weighted by molar-refractivity contribution is 0.416. The van der Waals surface area contributed by atoms with Crippen molar-refractivity contribution in [3.63, 3.8) is 0 Å². The van der Waals surface area contributed by atoms with Gasteiger partial charge in [-0.25, -0.2) is 0 Å². The highest BCUT2D eigenvalue weighted by molar-refractivity contribution is 9.10. The predicted octanol–water partition coefficient (Wildman–Crippen LogP) is 1.75. The van der Waals surface area contributed by atoms with Crippen molar-refractivity contribution in [2.75, 3.05) is 21.1 Å². The molecule has 0 aliphatic carbocycles. The van der Waals surface area contributed by atoms with Crippen LogP contribution in [0, 0.1) is 0 Å². The lowest BCUT2D eigenvalue weighted by Gasteiger charge is -2.20. The number of hydrogen-bond donors (Lipinski definition) is 0. The molecule has 1 aromatic rings. The van der Waals surface area contributed by atoms with Crippen molar-refractivity contribution in [1.82, 2.24) is 8.61 Å². The van der Waals surface area contributed by atoms with Crippen molar-refractivity contribution in [3.05, 3.63) is 20.8 Å². The van der Waals surface area contributed by atoms with Gasteiger partial charge in [0, 0.05) is 42.4 Å². The predicted molar refractivity (Wildman–Crippen MR) is 66.1 cm³/mol. The van der Waals surface area contributed by atoms with Gasteiger partial charge in [0.25, 0.3) is 10.2 Å². The monoisotopic (exact) mass is 312 g/mol. The molecule has 0 aliphatic heterocycles. The van der Waals surface area contributed by atoms with Gasteiger partial charge in [0.15, 0.2) is 0 Å². The van der Waals surface area contributed by atoms with E-state index in [0.717, 1.165) is 9.35 Å². The van der Waals surface area contributed by atoms with Crippen LogP contribution in [0.25, 0.3) is 0 Å². The number of halogens is 1. The van der Waals surface area contributed by atoms with Crippen LogP contribution in [0.5, 0.6) is 0 Å². The Morgan fingerprint density at radius 2 is 2.00 bits per heavy atom. The van der Waals surface area contributed by atoms with E-state index in [1.807, 2.05) is 11.4 Å². The summed E-state index contributed by atoms with van der Waals surface area (Å²) in [6, 6.07) is 1.92.